The van der Waals surface area contributed by atoms with Gasteiger partial charge in [-0.15, -0.1) is 0 Å². The van der Waals surface area contributed by atoms with Gasteiger partial charge in [0, 0.05) is 50.4 Å². The lowest BCUT2D eigenvalue weighted by atomic mass is 9.44. The molecule has 0 amide bonds. The third-order valence-electron chi connectivity index (χ3n) is 24.1. The quantitative estimate of drug-likeness (QED) is 0.0307. The zero-order chi connectivity index (χ0) is 69.4. The molecule has 7 N–H and O–H groups in total. The summed E-state index contributed by atoms with van der Waals surface area (Å²) in [5.41, 5.74) is -11.9. The molecular formula is C70H101ClO20Si2. The van der Waals surface area contributed by atoms with Crippen LogP contribution in [0.25, 0.3) is 0 Å². The number of ether oxygens (including phenoxy) is 6. The summed E-state index contributed by atoms with van der Waals surface area (Å²) < 4.78 is 43.5. The van der Waals surface area contributed by atoms with Crippen molar-refractivity contribution in [1.82, 2.24) is 0 Å². The van der Waals surface area contributed by atoms with Crippen molar-refractivity contribution < 1.29 is 97.4 Å². The molecule has 0 spiro atoms. The van der Waals surface area contributed by atoms with E-state index in [1.807, 2.05) is 0 Å². The van der Waals surface area contributed by atoms with E-state index < -0.39 is 168 Å². The number of fused-ring (bicyclic) bond motifs is 10. The number of halogens is 1. The van der Waals surface area contributed by atoms with Gasteiger partial charge in [-0.3, -0.25) is 19.2 Å². The fraction of sp³-hybridized carbons (Fsp3) is 0.686. The van der Waals surface area contributed by atoms with Crippen LogP contribution in [-0.2, 0) is 52.0 Å². The molecule has 4 bridgehead atoms. The van der Waals surface area contributed by atoms with Crippen molar-refractivity contribution in [2.75, 3.05) is 13.2 Å². The summed E-state index contributed by atoms with van der Waals surface area (Å²) in [6.07, 6.45) is -13.3. The fourth-order valence-electron chi connectivity index (χ4n) is 17.5. The molecule has 8 aliphatic rings. The highest BCUT2D eigenvalue weighted by Crippen LogP contribution is 2.67. The predicted molar refractivity (Wildman–Crippen MR) is 349 cm³/mol. The van der Waals surface area contributed by atoms with E-state index in [9.17, 15) is 59.7 Å². The second kappa shape index (κ2) is 26.7. The molecule has 0 radical (unpaired) electrons. The summed E-state index contributed by atoms with van der Waals surface area (Å²) in [5, 5.41) is 83.2. The summed E-state index contributed by atoms with van der Waals surface area (Å²) in [5.74, 6) is -6.77. The molecule has 2 aromatic rings. The molecular weight excluding hydrogens is 1250 g/mol. The predicted octanol–water partition coefficient (Wildman–Crippen LogP) is 8.42. The maximum absolute atomic E-state index is 15.1. The number of hydrogen-bond donors (Lipinski definition) is 7. The summed E-state index contributed by atoms with van der Waals surface area (Å²) in [6, 6.07) is 22.4. The zero-order valence-electron chi connectivity index (χ0n) is 57.0. The molecule has 2 aliphatic heterocycles. The minimum absolute atomic E-state index is 0.0828. The van der Waals surface area contributed by atoms with E-state index in [-0.39, 0.29) is 61.2 Å². The van der Waals surface area contributed by atoms with Gasteiger partial charge in [-0.05, 0) is 111 Å². The second-order valence-corrected chi connectivity index (χ2v) is 40.5. The minimum atomic E-state index is -2.42. The molecule has 2 aromatic carbocycles. The number of esters is 4. The van der Waals surface area contributed by atoms with Gasteiger partial charge in [-0.25, -0.2) is 9.59 Å². The number of rotatable bonds is 14. The van der Waals surface area contributed by atoms with Crippen LogP contribution in [0.2, 0.25) is 36.3 Å². The van der Waals surface area contributed by atoms with Crippen molar-refractivity contribution >= 4 is 62.2 Å². The Morgan fingerprint density at radius 2 is 0.914 bits per heavy atom. The highest BCUT2D eigenvalue weighted by molar-refractivity contribution is 7.20. The van der Waals surface area contributed by atoms with Gasteiger partial charge in [-0.2, -0.15) is 11.1 Å². The molecule has 0 aromatic heterocycles. The van der Waals surface area contributed by atoms with Crippen LogP contribution in [0.15, 0.2) is 83.0 Å². The number of carbonyl (C=O) groups is 6. The second-order valence-electron chi connectivity index (χ2n) is 28.9. The lowest BCUT2D eigenvalue weighted by molar-refractivity contribution is -0.345. The first kappa shape index (κ1) is 74.3. The van der Waals surface area contributed by atoms with E-state index in [2.05, 4.69) is 41.5 Å². The maximum Gasteiger partial charge on any atom is 0.338 e. The van der Waals surface area contributed by atoms with Crippen LogP contribution in [0.3, 0.4) is 0 Å². The average Bonchev–Trinajstić information content (AvgIpc) is 0.677. The van der Waals surface area contributed by atoms with Gasteiger partial charge in [0.1, 0.15) is 47.8 Å². The topological polar surface area (TPSA) is 309 Å². The third-order valence-corrected chi connectivity index (χ3v) is 34.9. The van der Waals surface area contributed by atoms with E-state index in [0.29, 0.717) is 11.1 Å². The van der Waals surface area contributed by atoms with Gasteiger partial charge in [-0.1, -0.05) is 106 Å². The van der Waals surface area contributed by atoms with Crippen molar-refractivity contribution in [3.8, 4) is 0 Å². The van der Waals surface area contributed by atoms with Gasteiger partial charge in [0.15, 0.2) is 38.5 Å². The summed E-state index contributed by atoms with van der Waals surface area (Å²) in [7, 11) is -3.62. The molecule has 20 nitrogen and oxygen atoms in total. The summed E-state index contributed by atoms with van der Waals surface area (Å²) in [6.45, 7) is 28.0. The summed E-state index contributed by atoms with van der Waals surface area (Å²) >= 11 is 6.23. The molecule has 93 heavy (non-hydrogen) atoms. The van der Waals surface area contributed by atoms with Gasteiger partial charge >= 0.3 is 23.9 Å². The molecule has 23 heteroatoms. The van der Waals surface area contributed by atoms with E-state index in [1.54, 1.807) is 97.0 Å². The number of aliphatic hydroxyl groups excluding tert-OH is 5. The Labute approximate surface area is 553 Å². The number of Topliss-reactive ketones (excluding diaryl/α,β-unsaturated/α-hetero) is 2. The number of aliphatic hydroxyl groups is 7. The van der Waals surface area contributed by atoms with Gasteiger partial charge in [0.2, 0.25) is 0 Å². The SMILES string of the molecule is CC(=O)O[C@@]12CO[C@@H]1C[C@H](O)[C@@]1(C)C(=O)[C@H](O)C3=C(C)[C@@H](O)C[C@@](O)([C@@H](OC(=O)c4ccccc4)[C@H]21)C3(C)C.CC[Si](CC)(CC)O[C@H]1C[C@H]2OC[C@@]2(OC(C)=O)[C@H]2[C@H](OC(=O)c3ccccc3)[C@]3(O)C[C@H](O)C(C)=C([C@@H](O)C(=O)[C@]12C)C3(C)C.CC[Si](Cl)(CC)CC. The van der Waals surface area contributed by atoms with Gasteiger partial charge < -0.3 is 68.6 Å². The number of hydrogen-bond acceptors (Lipinski definition) is 20. The lowest BCUT2D eigenvalue weighted by Gasteiger charge is -2.68. The molecule has 2 heterocycles. The Hall–Kier alpha value is -4.54. The first-order chi connectivity index (χ1) is 43.3. The standard InChI is InChI=1S/C35H50O10Si.C29H36O10.C6H15ClSi/c1-9-46(10-2,11-3)45-24-17-25-34(19-42-25,44-21(5)36)28-30(43-31(40)22-15-13-12-14-16-22)35(41)18-23(37)20(4)26(32(35,6)7)27(38)29(39)33(24,28)8;1-14-17(31)12-29(36)24(38-25(35)16-9-7-6-8-10-16)22-27(5,23(34)21(33)20(14)26(29,3)4)18(32)11-19-28(22,13-37-19)39-15(2)30;1-4-8(7,5-2)6-3/h12-16,23-25,27-28,30,37-38,41H,9-11,17-19H2,1-8H3;6-10,17-19,21-22,24,31-33,36H,11-13H2,1-5H3;4-6H2,1-3H3/t23-,24-,25+,27+,28-,30-,33+,34-,35+;17-,18-,19+,21+,22-,24-,27+,28-,29+;/m00./s1. The molecule has 6 aliphatic carbocycles. The molecule has 516 valence electrons. The number of ketones is 2. The van der Waals surface area contributed by atoms with Crippen molar-refractivity contribution in [1.29, 1.82) is 0 Å². The van der Waals surface area contributed by atoms with E-state index in [4.69, 9.17) is 43.9 Å². The van der Waals surface area contributed by atoms with E-state index in [0.717, 1.165) is 18.1 Å². The van der Waals surface area contributed by atoms with Crippen LogP contribution < -0.4 is 0 Å². The molecule has 18 atom stereocenters. The Morgan fingerprint density at radius 3 is 1.24 bits per heavy atom. The van der Waals surface area contributed by atoms with Crippen LogP contribution in [0.1, 0.15) is 157 Å². The monoisotopic (exact) mass is 1350 g/mol. The average molecular weight is 1350 g/mol. The Bertz CT molecular complexity index is 3210. The zero-order valence-corrected chi connectivity index (χ0v) is 59.8. The fourth-order valence-corrected chi connectivity index (χ4v) is 22.0. The normalized spacial score (nSPS) is 38.0. The maximum atomic E-state index is 15.1. The van der Waals surface area contributed by atoms with Gasteiger partial charge in [0.05, 0.1) is 71.4 Å². The van der Waals surface area contributed by atoms with Crippen LogP contribution in [-0.4, -0.2) is 184 Å². The third kappa shape index (κ3) is 11.8. The van der Waals surface area contributed by atoms with Crippen molar-refractivity contribution in [2.45, 2.75) is 256 Å². The van der Waals surface area contributed by atoms with Crippen LogP contribution >= 0.6 is 11.1 Å². The highest BCUT2D eigenvalue weighted by Gasteiger charge is 2.80. The van der Waals surface area contributed by atoms with Crippen LogP contribution in [0.4, 0.5) is 0 Å². The Morgan fingerprint density at radius 1 is 0.559 bits per heavy atom. The van der Waals surface area contributed by atoms with E-state index >= 15 is 4.79 Å². The smallest absolute Gasteiger partial charge is 0.338 e. The van der Waals surface area contributed by atoms with Crippen LogP contribution in [0, 0.1) is 33.5 Å². The Kier molecular flexibility index (Phi) is 21.3. The molecule has 0 unspecified atom stereocenters. The lowest BCUT2D eigenvalue weighted by Crippen LogP contribution is -2.82. The highest BCUT2D eigenvalue weighted by atomic mass is 35.6. The Balaban J connectivity index is 0.000000216. The number of benzene rings is 2. The van der Waals surface area contributed by atoms with Crippen LogP contribution in [0.5, 0.6) is 0 Å². The molecule has 2 saturated heterocycles. The molecule has 10 rings (SSSR count). The van der Waals surface area contributed by atoms with Crippen molar-refractivity contribution in [2.24, 2.45) is 33.5 Å². The minimum Gasteiger partial charge on any atom is -0.455 e. The first-order valence-electron chi connectivity index (χ1n) is 33.2. The van der Waals surface area contributed by atoms with Gasteiger partial charge in [0.25, 0.3) is 0 Å². The summed E-state index contributed by atoms with van der Waals surface area (Å²) in [4.78, 5) is 82.2. The number of carbonyl (C=O) groups excluding carboxylic acids is 6. The van der Waals surface area contributed by atoms with Crippen molar-refractivity contribution in [3.63, 3.8) is 0 Å². The molecule has 4 saturated carbocycles. The van der Waals surface area contributed by atoms with Crippen molar-refractivity contribution in [3.05, 3.63) is 94.1 Å². The largest absolute Gasteiger partial charge is 0.455 e. The first-order valence-corrected chi connectivity index (χ1v) is 39.3. The molecule has 6 fully saturated rings. The van der Waals surface area contributed by atoms with E-state index in [1.165, 1.54) is 51.0 Å².